The Morgan fingerprint density at radius 2 is 2.20 bits per heavy atom. The molecule has 1 N–H and O–H groups in total. The maximum atomic E-state index is 5.53. The van der Waals surface area contributed by atoms with Gasteiger partial charge in [-0.1, -0.05) is 45.5 Å². The van der Waals surface area contributed by atoms with Crippen LogP contribution in [0.3, 0.4) is 0 Å². The summed E-state index contributed by atoms with van der Waals surface area (Å²) in [6.07, 6.45) is 14.6. The van der Waals surface area contributed by atoms with Crippen LogP contribution in [0.2, 0.25) is 0 Å². The van der Waals surface area contributed by atoms with E-state index in [2.05, 4.69) is 25.1 Å². The second-order valence-corrected chi connectivity index (χ2v) is 4.81. The third-order valence-corrected chi connectivity index (χ3v) is 3.58. The molecule has 3 atom stereocenters. The lowest BCUT2D eigenvalue weighted by molar-refractivity contribution is 0.269. The van der Waals surface area contributed by atoms with E-state index in [1.54, 1.807) is 0 Å². The van der Waals surface area contributed by atoms with Gasteiger partial charge in [-0.2, -0.15) is 0 Å². The molecule has 3 unspecified atom stereocenters. The summed E-state index contributed by atoms with van der Waals surface area (Å²) in [5.41, 5.74) is 0. The van der Waals surface area contributed by atoms with Crippen molar-refractivity contribution in [1.82, 2.24) is 5.32 Å². The lowest BCUT2D eigenvalue weighted by Gasteiger charge is -2.31. The normalized spacial score (nSPS) is 28.3. The Morgan fingerprint density at radius 3 is 2.80 bits per heavy atom. The molecule has 0 aromatic heterocycles. The van der Waals surface area contributed by atoms with Gasteiger partial charge in [0.25, 0.3) is 0 Å². The molecular formula is C14H25N. The van der Waals surface area contributed by atoms with E-state index >= 15 is 0 Å². The average Bonchev–Trinajstić information content (AvgIpc) is 2.29. The quantitative estimate of drug-likeness (QED) is 0.682. The standard InChI is InChI=1S/C14H25N/c1-4-8-13(6-3)15-14-10-7-9-12(5-2)11-14/h3,12-15H,4-5,7-11H2,1-2H3. The topological polar surface area (TPSA) is 12.0 Å². The molecule has 1 aliphatic carbocycles. The fourth-order valence-corrected chi connectivity index (χ4v) is 2.60. The highest BCUT2D eigenvalue weighted by atomic mass is 14.9. The zero-order valence-electron chi connectivity index (χ0n) is 10.3. The first-order valence-corrected chi connectivity index (χ1v) is 6.52. The van der Waals surface area contributed by atoms with Crippen molar-refractivity contribution in [3.05, 3.63) is 0 Å². The summed E-state index contributed by atoms with van der Waals surface area (Å²) >= 11 is 0. The van der Waals surface area contributed by atoms with Gasteiger partial charge in [0.05, 0.1) is 6.04 Å². The largest absolute Gasteiger partial charge is 0.301 e. The number of hydrogen-bond donors (Lipinski definition) is 1. The molecule has 1 aliphatic rings. The molecule has 86 valence electrons. The van der Waals surface area contributed by atoms with E-state index in [0.29, 0.717) is 12.1 Å². The van der Waals surface area contributed by atoms with Crippen LogP contribution in [0.15, 0.2) is 0 Å². The molecule has 0 amide bonds. The van der Waals surface area contributed by atoms with E-state index in [9.17, 15) is 0 Å². The summed E-state index contributed by atoms with van der Waals surface area (Å²) < 4.78 is 0. The molecular weight excluding hydrogens is 182 g/mol. The van der Waals surface area contributed by atoms with Crippen LogP contribution in [0.4, 0.5) is 0 Å². The van der Waals surface area contributed by atoms with Crippen molar-refractivity contribution in [2.75, 3.05) is 0 Å². The summed E-state index contributed by atoms with van der Waals surface area (Å²) in [4.78, 5) is 0. The Balaban J connectivity index is 2.33. The van der Waals surface area contributed by atoms with E-state index < -0.39 is 0 Å². The number of terminal acetylenes is 1. The molecule has 0 aliphatic heterocycles. The monoisotopic (exact) mass is 207 g/mol. The van der Waals surface area contributed by atoms with Crippen LogP contribution in [0.1, 0.15) is 58.8 Å². The van der Waals surface area contributed by atoms with Gasteiger partial charge in [-0.3, -0.25) is 0 Å². The van der Waals surface area contributed by atoms with Crippen LogP contribution >= 0.6 is 0 Å². The van der Waals surface area contributed by atoms with Gasteiger partial charge in [0.1, 0.15) is 0 Å². The highest BCUT2D eigenvalue weighted by Gasteiger charge is 2.21. The maximum Gasteiger partial charge on any atom is 0.0688 e. The van der Waals surface area contributed by atoms with Gasteiger partial charge >= 0.3 is 0 Å². The molecule has 1 nitrogen and oxygen atoms in total. The molecule has 0 bridgehead atoms. The molecule has 0 radical (unpaired) electrons. The van der Waals surface area contributed by atoms with Crippen molar-refractivity contribution in [3.63, 3.8) is 0 Å². The minimum atomic E-state index is 0.301. The molecule has 0 saturated heterocycles. The average molecular weight is 207 g/mol. The van der Waals surface area contributed by atoms with Crippen LogP contribution in [-0.4, -0.2) is 12.1 Å². The van der Waals surface area contributed by atoms with E-state index in [1.165, 1.54) is 38.5 Å². The molecule has 0 spiro atoms. The maximum absolute atomic E-state index is 5.53. The zero-order valence-corrected chi connectivity index (χ0v) is 10.3. The van der Waals surface area contributed by atoms with Crippen LogP contribution in [0.5, 0.6) is 0 Å². The number of hydrogen-bond acceptors (Lipinski definition) is 1. The van der Waals surface area contributed by atoms with Crippen molar-refractivity contribution in [2.24, 2.45) is 5.92 Å². The third-order valence-electron chi connectivity index (χ3n) is 3.58. The second-order valence-electron chi connectivity index (χ2n) is 4.81. The van der Waals surface area contributed by atoms with Crippen molar-refractivity contribution in [2.45, 2.75) is 70.9 Å². The summed E-state index contributed by atoms with van der Waals surface area (Å²) in [6.45, 7) is 4.50. The Morgan fingerprint density at radius 1 is 1.40 bits per heavy atom. The highest BCUT2D eigenvalue weighted by molar-refractivity contribution is 5.00. The predicted octanol–water partition coefficient (Wildman–Crippen LogP) is 3.35. The minimum Gasteiger partial charge on any atom is -0.301 e. The fourth-order valence-electron chi connectivity index (χ4n) is 2.60. The van der Waals surface area contributed by atoms with Gasteiger partial charge in [-0.05, 0) is 25.2 Å². The molecule has 0 aromatic rings. The Bertz CT molecular complexity index is 204. The predicted molar refractivity (Wildman–Crippen MR) is 66.7 cm³/mol. The molecule has 1 rings (SSSR count). The molecule has 15 heavy (non-hydrogen) atoms. The number of nitrogens with one attached hydrogen (secondary N) is 1. The van der Waals surface area contributed by atoms with Crippen LogP contribution in [0, 0.1) is 18.3 Å². The van der Waals surface area contributed by atoms with Crippen LogP contribution in [-0.2, 0) is 0 Å². The first-order valence-electron chi connectivity index (χ1n) is 6.52. The minimum absolute atomic E-state index is 0.301. The highest BCUT2D eigenvalue weighted by Crippen LogP contribution is 2.26. The summed E-state index contributed by atoms with van der Waals surface area (Å²) in [7, 11) is 0. The van der Waals surface area contributed by atoms with E-state index in [4.69, 9.17) is 6.42 Å². The summed E-state index contributed by atoms with van der Waals surface area (Å²) in [5, 5.41) is 3.63. The van der Waals surface area contributed by atoms with Crippen molar-refractivity contribution in [3.8, 4) is 12.3 Å². The van der Waals surface area contributed by atoms with E-state index in [0.717, 1.165) is 12.3 Å². The van der Waals surface area contributed by atoms with Crippen molar-refractivity contribution in [1.29, 1.82) is 0 Å². The lowest BCUT2D eigenvalue weighted by atomic mass is 9.84. The summed E-state index contributed by atoms with van der Waals surface area (Å²) in [5.74, 6) is 3.80. The van der Waals surface area contributed by atoms with Gasteiger partial charge in [0.2, 0.25) is 0 Å². The Hall–Kier alpha value is -0.480. The number of rotatable bonds is 5. The van der Waals surface area contributed by atoms with E-state index in [-0.39, 0.29) is 0 Å². The van der Waals surface area contributed by atoms with Gasteiger partial charge in [0, 0.05) is 6.04 Å². The molecule has 0 heterocycles. The molecule has 1 heteroatoms. The first-order chi connectivity index (χ1) is 7.30. The molecule has 1 saturated carbocycles. The Kier molecular flexibility index (Phi) is 5.79. The Labute approximate surface area is 95.0 Å². The van der Waals surface area contributed by atoms with Gasteiger partial charge < -0.3 is 5.32 Å². The zero-order chi connectivity index (χ0) is 11.1. The SMILES string of the molecule is C#CC(CCC)NC1CCCC(CC)C1. The first kappa shape index (κ1) is 12.6. The second kappa shape index (κ2) is 6.90. The van der Waals surface area contributed by atoms with Gasteiger partial charge in [-0.15, -0.1) is 6.42 Å². The molecule has 0 aromatic carbocycles. The van der Waals surface area contributed by atoms with Crippen LogP contribution < -0.4 is 5.32 Å². The summed E-state index contributed by atoms with van der Waals surface area (Å²) in [6, 6.07) is 0.979. The molecule has 1 fully saturated rings. The van der Waals surface area contributed by atoms with Gasteiger partial charge in [-0.25, -0.2) is 0 Å². The van der Waals surface area contributed by atoms with Gasteiger partial charge in [0.15, 0.2) is 0 Å². The van der Waals surface area contributed by atoms with Crippen molar-refractivity contribution >= 4 is 0 Å². The van der Waals surface area contributed by atoms with E-state index in [1.807, 2.05) is 0 Å². The lowest BCUT2D eigenvalue weighted by Crippen LogP contribution is -2.40. The van der Waals surface area contributed by atoms with Crippen LogP contribution in [0.25, 0.3) is 0 Å². The smallest absolute Gasteiger partial charge is 0.0688 e. The van der Waals surface area contributed by atoms with Crippen molar-refractivity contribution < 1.29 is 0 Å². The third kappa shape index (κ3) is 4.26. The fraction of sp³-hybridized carbons (Fsp3) is 0.857.